The highest BCUT2D eigenvalue weighted by Crippen LogP contribution is 2.27. The summed E-state index contributed by atoms with van der Waals surface area (Å²) in [6.07, 6.45) is 15.2. The van der Waals surface area contributed by atoms with Crippen LogP contribution >= 0.6 is 0 Å². The summed E-state index contributed by atoms with van der Waals surface area (Å²) in [5, 5.41) is 6.15. The zero-order valence-electron chi connectivity index (χ0n) is 23.4. The van der Waals surface area contributed by atoms with Crippen LogP contribution in [0.2, 0.25) is 0 Å². The molecule has 6 nitrogen and oxygen atoms in total. The van der Waals surface area contributed by atoms with Crippen LogP contribution in [0.3, 0.4) is 0 Å². The molecule has 204 valence electrons. The van der Waals surface area contributed by atoms with Gasteiger partial charge in [-0.2, -0.15) is 0 Å². The molecule has 1 aromatic carbocycles. The maximum absolute atomic E-state index is 13.2. The fourth-order valence-corrected chi connectivity index (χ4v) is 4.99. The second-order valence-corrected chi connectivity index (χ2v) is 10.2. The van der Waals surface area contributed by atoms with Crippen LogP contribution < -0.4 is 15.5 Å². The molecule has 36 heavy (non-hydrogen) atoms. The van der Waals surface area contributed by atoms with Gasteiger partial charge in [0.15, 0.2) is 0 Å². The molecule has 2 rings (SSSR count). The Labute approximate surface area is 220 Å². The first kappa shape index (κ1) is 30.1. The first-order valence-electron chi connectivity index (χ1n) is 14.8. The van der Waals surface area contributed by atoms with Gasteiger partial charge < -0.3 is 20.4 Å². The highest BCUT2D eigenvalue weighted by Gasteiger charge is 2.20. The number of nitrogens with zero attached hydrogens (tertiary/aromatic N) is 2. The third-order valence-electron chi connectivity index (χ3n) is 7.34. The van der Waals surface area contributed by atoms with E-state index >= 15 is 0 Å². The first-order valence-corrected chi connectivity index (χ1v) is 14.8. The van der Waals surface area contributed by atoms with Gasteiger partial charge in [0.05, 0.1) is 5.56 Å². The molecule has 1 fully saturated rings. The molecule has 0 saturated carbocycles. The molecule has 1 aromatic rings. The number of rotatable bonds is 18. The van der Waals surface area contributed by atoms with Crippen molar-refractivity contribution in [2.75, 3.05) is 49.5 Å². The molecule has 1 heterocycles. The van der Waals surface area contributed by atoms with Crippen LogP contribution in [0.1, 0.15) is 115 Å². The van der Waals surface area contributed by atoms with Crippen molar-refractivity contribution in [3.63, 3.8) is 0 Å². The van der Waals surface area contributed by atoms with Gasteiger partial charge in [0.2, 0.25) is 5.91 Å². The Morgan fingerprint density at radius 2 is 1.50 bits per heavy atom. The quantitative estimate of drug-likeness (QED) is 0.223. The smallest absolute Gasteiger partial charge is 0.253 e. The fraction of sp³-hybridized carbons (Fsp3) is 0.733. The number of hydrogen-bond donors (Lipinski definition) is 2. The van der Waals surface area contributed by atoms with Crippen molar-refractivity contribution >= 4 is 23.2 Å². The number of nitrogens with one attached hydrogen (secondary N) is 2. The maximum atomic E-state index is 13.2. The highest BCUT2D eigenvalue weighted by atomic mass is 16.2. The van der Waals surface area contributed by atoms with Gasteiger partial charge in [0, 0.05) is 44.0 Å². The van der Waals surface area contributed by atoms with Gasteiger partial charge in [0.25, 0.3) is 5.91 Å². The van der Waals surface area contributed by atoms with Gasteiger partial charge in [-0.15, -0.1) is 0 Å². The number of anilines is 2. The summed E-state index contributed by atoms with van der Waals surface area (Å²) >= 11 is 0. The minimum Gasteiger partial charge on any atom is -0.371 e. The average molecular weight is 501 g/mol. The van der Waals surface area contributed by atoms with E-state index in [4.69, 9.17) is 0 Å². The van der Waals surface area contributed by atoms with Crippen LogP contribution in [0, 0.1) is 0 Å². The van der Waals surface area contributed by atoms with E-state index in [1.165, 1.54) is 51.4 Å². The van der Waals surface area contributed by atoms with Gasteiger partial charge in [-0.05, 0) is 57.0 Å². The monoisotopic (exact) mass is 500 g/mol. The highest BCUT2D eigenvalue weighted by molar-refractivity contribution is 6.02. The van der Waals surface area contributed by atoms with Crippen molar-refractivity contribution in [1.82, 2.24) is 10.2 Å². The van der Waals surface area contributed by atoms with Crippen molar-refractivity contribution in [1.29, 1.82) is 0 Å². The van der Waals surface area contributed by atoms with Crippen molar-refractivity contribution in [2.24, 2.45) is 0 Å². The summed E-state index contributed by atoms with van der Waals surface area (Å²) in [7, 11) is 0. The van der Waals surface area contributed by atoms with Gasteiger partial charge in [-0.3, -0.25) is 9.59 Å². The van der Waals surface area contributed by atoms with E-state index in [2.05, 4.69) is 41.2 Å². The minimum atomic E-state index is -0.0576. The van der Waals surface area contributed by atoms with Crippen molar-refractivity contribution < 1.29 is 9.59 Å². The molecule has 2 amide bonds. The normalized spacial score (nSPS) is 13.7. The topological polar surface area (TPSA) is 64.7 Å². The summed E-state index contributed by atoms with van der Waals surface area (Å²) in [4.78, 5) is 30.4. The summed E-state index contributed by atoms with van der Waals surface area (Å²) in [6.45, 7) is 11.9. The summed E-state index contributed by atoms with van der Waals surface area (Å²) in [5.41, 5.74) is 2.36. The first-order chi connectivity index (χ1) is 17.6. The van der Waals surface area contributed by atoms with Crippen LogP contribution in [0.25, 0.3) is 0 Å². The number of unbranched alkanes of at least 4 members (excludes halogenated alkanes) is 8. The number of amides is 2. The van der Waals surface area contributed by atoms with Crippen LogP contribution in [0.5, 0.6) is 0 Å². The van der Waals surface area contributed by atoms with E-state index in [0.717, 1.165) is 64.1 Å². The molecule has 0 aliphatic carbocycles. The van der Waals surface area contributed by atoms with E-state index in [-0.39, 0.29) is 11.8 Å². The van der Waals surface area contributed by atoms with E-state index < -0.39 is 0 Å². The number of carbonyl (C=O) groups excluding carboxylic acids is 2. The third kappa shape index (κ3) is 11.3. The predicted octanol–water partition coefficient (Wildman–Crippen LogP) is 6.61. The zero-order chi connectivity index (χ0) is 26.0. The van der Waals surface area contributed by atoms with Crippen LogP contribution in [0.4, 0.5) is 11.4 Å². The zero-order valence-corrected chi connectivity index (χ0v) is 23.4. The second kappa shape index (κ2) is 18.2. The van der Waals surface area contributed by atoms with Crippen LogP contribution in [0.15, 0.2) is 18.2 Å². The Balaban J connectivity index is 1.88. The van der Waals surface area contributed by atoms with Gasteiger partial charge in [0.1, 0.15) is 0 Å². The molecule has 0 spiro atoms. The number of carbonyl (C=O) groups is 2. The van der Waals surface area contributed by atoms with Crippen molar-refractivity contribution in [3.8, 4) is 0 Å². The minimum absolute atomic E-state index is 0.0385. The fourth-order valence-electron chi connectivity index (χ4n) is 4.99. The molecule has 1 aliphatic rings. The van der Waals surface area contributed by atoms with E-state index in [0.29, 0.717) is 24.2 Å². The molecule has 0 bridgehead atoms. The summed E-state index contributed by atoms with van der Waals surface area (Å²) in [5.74, 6) is -0.0191. The summed E-state index contributed by atoms with van der Waals surface area (Å²) in [6, 6.07) is 5.83. The molecule has 0 atom stereocenters. The Bertz CT molecular complexity index is 757. The van der Waals surface area contributed by atoms with Gasteiger partial charge in [-0.25, -0.2) is 0 Å². The molecule has 0 aromatic heterocycles. The third-order valence-corrected chi connectivity index (χ3v) is 7.34. The maximum Gasteiger partial charge on any atom is 0.253 e. The van der Waals surface area contributed by atoms with Crippen LogP contribution in [-0.4, -0.2) is 56.0 Å². The van der Waals surface area contributed by atoms with E-state index in [1.807, 2.05) is 18.2 Å². The van der Waals surface area contributed by atoms with E-state index in [1.54, 1.807) is 0 Å². The SMILES string of the molecule is CCCCCCCCCCCC(=O)Nc1ccc(N2CCCCC2)c(C(=O)NCCN(CC)CC)c1. The second-order valence-electron chi connectivity index (χ2n) is 10.2. The van der Waals surface area contributed by atoms with E-state index in [9.17, 15) is 9.59 Å². The Kier molecular flexibility index (Phi) is 15.2. The molecule has 1 saturated heterocycles. The molecule has 0 radical (unpaired) electrons. The lowest BCUT2D eigenvalue weighted by Crippen LogP contribution is -2.36. The van der Waals surface area contributed by atoms with Gasteiger partial charge >= 0.3 is 0 Å². The van der Waals surface area contributed by atoms with Gasteiger partial charge in [-0.1, -0.05) is 72.1 Å². The molecular weight excluding hydrogens is 448 g/mol. The Morgan fingerprint density at radius 3 is 2.14 bits per heavy atom. The molecule has 6 heteroatoms. The largest absolute Gasteiger partial charge is 0.371 e. The molecule has 1 aliphatic heterocycles. The lowest BCUT2D eigenvalue weighted by molar-refractivity contribution is -0.116. The lowest BCUT2D eigenvalue weighted by Gasteiger charge is -2.30. The number of hydrogen-bond acceptors (Lipinski definition) is 4. The van der Waals surface area contributed by atoms with Crippen molar-refractivity contribution in [2.45, 2.75) is 104 Å². The molecule has 2 N–H and O–H groups in total. The number of benzene rings is 1. The number of piperidine rings is 1. The predicted molar refractivity (Wildman–Crippen MR) is 153 cm³/mol. The number of likely N-dealkylation sites (N-methyl/N-ethyl adjacent to an activating group) is 1. The van der Waals surface area contributed by atoms with Crippen molar-refractivity contribution in [3.05, 3.63) is 23.8 Å². The van der Waals surface area contributed by atoms with Crippen LogP contribution in [-0.2, 0) is 4.79 Å². The Hall–Kier alpha value is -2.08. The molecule has 0 unspecified atom stereocenters. The lowest BCUT2D eigenvalue weighted by atomic mass is 10.1. The Morgan fingerprint density at radius 1 is 0.861 bits per heavy atom. The molecular formula is C30H52N4O2. The summed E-state index contributed by atoms with van der Waals surface area (Å²) < 4.78 is 0. The average Bonchev–Trinajstić information content (AvgIpc) is 2.90. The standard InChI is InChI=1S/C30H52N4O2/c1-4-7-8-9-10-11-12-13-15-18-29(35)32-26-19-20-28(34-22-16-14-17-23-34)27(25-26)30(36)31-21-24-33(5-2)6-3/h19-20,25H,4-18,21-24H2,1-3H3,(H,31,36)(H,32,35).